The van der Waals surface area contributed by atoms with Gasteiger partial charge in [-0.2, -0.15) is 0 Å². The highest BCUT2D eigenvalue weighted by atomic mass is 31.2. The normalized spacial score (nSPS) is 28.1. The van der Waals surface area contributed by atoms with Gasteiger partial charge in [0, 0.05) is 25.8 Å². The molecule has 0 spiro atoms. The van der Waals surface area contributed by atoms with Crippen LogP contribution in [0.5, 0.6) is 0 Å². The van der Waals surface area contributed by atoms with E-state index in [0.29, 0.717) is 0 Å². The van der Waals surface area contributed by atoms with Gasteiger partial charge in [0.1, 0.15) is 6.10 Å². The Bertz CT molecular complexity index is 700. The number of aromatic nitrogens is 2. The molecule has 0 aromatic carbocycles. The molecule has 124 valence electrons. The molecule has 1 saturated carbocycles. The zero-order valence-electron chi connectivity index (χ0n) is 12.0. The second kappa shape index (κ2) is 6.07. The van der Waals surface area contributed by atoms with Crippen molar-refractivity contribution in [1.29, 1.82) is 0 Å². The quantitative estimate of drug-likeness (QED) is 0.446. The van der Waals surface area contributed by atoms with Crippen molar-refractivity contribution in [3.63, 3.8) is 0 Å². The van der Waals surface area contributed by atoms with E-state index in [2.05, 4.69) is 4.52 Å². The topological polar surface area (TPSA) is 140 Å². The number of hydrogen-bond acceptors (Lipinski definition) is 7. The number of phosphoric ester groups is 1. The van der Waals surface area contributed by atoms with Crippen LogP contribution in [0.25, 0.3) is 0 Å². The molecule has 1 fully saturated rings. The van der Waals surface area contributed by atoms with Crippen molar-refractivity contribution in [3.8, 4) is 0 Å². The van der Waals surface area contributed by atoms with Crippen molar-refractivity contribution in [2.24, 2.45) is 0 Å². The van der Waals surface area contributed by atoms with Gasteiger partial charge in [-0.15, -0.1) is 0 Å². The molecule has 2 rings (SSSR count). The van der Waals surface area contributed by atoms with Gasteiger partial charge < -0.3 is 14.7 Å². The highest BCUT2D eigenvalue weighted by Crippen LogP contribution is 2.49. The molecule has 4 atom stereocenters. The number of nitrogens with one attached hydrogen (secondary N) is 1. The minimum absolute atomic E-state index is 0.0710. The fourth-order valence-electron chi connectivity index (χ4n) is 1.97. The smallest absolute Gasteiger partial charge is 0.388 e. The zero-order valence-corrected chi connectivity index (χ0v) is 12.9. The summed E-state index contributed by atoms with van der Waals surface area (Å²) in [5, 5.41) is 9.83. The first-order valence-corrected chi connectivity index (χ1v) is 7.99. The maximum Gasteiger partial charge on any atom is 0.474 e. The van der Waals surface area contributed by atoms with Crippen molar-refractivity contribution in [1.82, 2.24) is 9.55 Å². The monoisotopic (exact) mass is 336 g/mol. The number of aliphatic hydroxyl groups excluding tert-OH is 1. The summed E-state index contributed by atoms with van der Waals surface area (Å²) in [5.41, 5.74) is -2.80. The molecule has 0 aliphatic heterocycles. The highest BCUT2D eigenvalue weighted by Gasteiger charge is 2.59. The van der Waals surface area contributed by atoms with Crippen LogP contribution in [0.15, 0.2) is 21.9 Å². The Morgan fingerprint density at radius 1 is 1.59 bits per heavy atom. The van der Waals surface area contributed by atoms with Crippen molar-refractivity contribution in [2.45, 2.75) is 37.9 Å². The highest BCUT2D eigenvalue weighted by molar-refractivity contribution is 7.47. The zero-order chi connectivity index (χ0) is 16.5. The van der Waals surface area contributed by atoms with E-state index in [-0.39, 0.29) is 12.8 Å². The van der Waals surface area contributed by atoms with Gasteiger partial charge in [-0.05, 0) is 6.42 Å². The predicted octanol–water partition coefficient (Wildman–Crippen LogP) is -0.530. The number of ether oxygens (including phenoxy) is 1. The van der Waals surface area contributed by atoms with Gasteiger partial charge in [-0.25, -0.2) is 9.36 Å². The molecule has 10 nitrogen and oxygen atoms in total. The van der Waals surface area contributed by atoms with E-state index >= 15 is 0 Å². The number of hydrogen-bond donors (Lipinski definition) is 3. The fourth-order valence-corrected chi connectivity index (χ4v) is 2.55. The Morgan fingerprint density at radius 2 is 2.23 bits per heavy atom. The molecule has 0 bridgehead atoms. The van der Waals surface area contributed by atoms with E-state index in [9.17, 15) is 24.2 Å². The van der Waals surface area contributed by atoms with Gasteiger partial charge in [0.25, 0.3) is 5.56 Å². The second-order valence-electron chi connectivity index (χ2n) is 4.76. The van der Waals surface area contributed by atoms with E-state index in [1.807, 2.05) is 4.98 Å². The van der Waals surface area contributed by atoms with E-state index in [1.54, 1.807) is 6.92 Å². The van der Waals surface area contributed by atoms with Crippen LogP contribution in [-0.2, 0) is 24.1 Å². The molecule has 2 unspecified atom stereocenters. The van der Waals surface area contributed by atoms with Crippen LogP contribution in [0.2, 0.25) is 0 Å². The summed E-state index contributed by atoms with van der Waals surface area (Å²) in [6, 6.07) is 1.10. The first-order valence-electron chi connectivity index (χ1n) is 6.49. The van der Waals surface area contributed by atoms with Gasteiger partial charge in [0.15, 0.2) is 12.0 Å². The maximum absolute atomic E-state index is 11.8. The number of nitrogens with zero attached hydrogens (tertiary/aromatic N) is 1. The van der Waals surface area contributed by atoms with Gasteiger partial charge >= 0.3 is 13.5 Å². The number of phosphoric acid groups is 1. The lowest BCUT2D eigenvalue weighted by molar-refractivity contribution is -0.184. The Hall–Kier alpha value is -1.29. The average molecular weight is 336 g/mol. The van der Waals surface area contributed by atoms with Crippen molar-refractivity contribution >= 4 is 7.82 Å². The first-order chi connectivity index (χ1) is 10.2. The van der Waals surface area contributed by atoms with Gasteiger partial charge in [0.2, 0.25) is 0 Å². The Balaban J connectivity index is 2.26. The Kier molecular flexibility index (Phi) is 4.71. The molecular formula is C11H17N2O8P. The van der Waals surface area contributed by atoms with Crippen LogP contribution in [-0.4, -0.2) is 39.1 Å². The Morgan fingerprint density at radius 3 is 2.68 bits per heavy atom. The number of aliphatic hydroxyl groups is 1. The molecule has 0 saturated heterocycles. The summed E-state index contributed by atoms with van der Waals surface area (Å²) < 4.78 is 27.1. The molecule has 1 aromatic rings. The largest absolute Gasteiger partial charge is 0.474 e. The summed E-state index contributed by atoms with van der Waals surface area (Å²) in [5.74, 6) is 0. The maximum atomic E-state index is 11.8. The molecule has 1 aliphatic carbocycles. The summed E-state index contributed by atoms with van der Waals surface area (Å²) in [4.78, 5) is 34.3. The molecule has 1 aromatic heterocycles. The summed E-state index contributed by atoms with van der Waals surface area (Å²) in [6.07, 6.45) is -0.790. The van der Waals surface area contributed by atoms with Crippen LogP contribution in [0.1, 0.15) is 19.8 Å². The molecule has 1 heterocycles. The molecule has 3 N–H and O–H groups in total. The SMILES string of the molecule is CC[C@@H](OC1(n2ccc(=O)[nH]c2=O)C[C@@H]1O)OP(=O)(O)OC. The third-order valence-electron chi connectivity index (χ3n) is 3.23. The van der Waals surface area contributed by atoms with E-state index in [1.165, 1.54) is 6.20 Å². The molecular weight excluding hydrogens is 319 g/mol. The predicted molar refractivity (Wildman–Crippen MR) is 73.0 cm³/mol. The van der Waals surface area contributed by atoms with Crippen LogP contribution < -0.4 is 11.2 Å². The van der Waals surface area contributed by atoms with Crippen LogP contribution in [0.3, 0.4) is 0 Å². The lowest BCUT2D eigenvalue weighted by atomic mass is 10.4. The van der Waals surface area contributed by atoms with E-state index in [4.69, 9.17) is 9.26 Å². The summed E-state index contributed by atoms with van der Waals surface area (Å²) in [7, 11) is -3.29. The minimum atomic E-state index is -4.29. The first kappa shape index (κ1) is 17.1. The molecule has 22 heavy (non-hydrogen) atoms. The fraction of sp³-hybridized carbons (Fsp3) is 0.636. The Labute approximate surface area is 124 Å². The van der Waals surface area contributed by atoms with Gasteiger partial charge in [-0.3, -0.25) is 23.4 Å². The van der Waals surface area contributed by atoms with Crippen LogP contribution in [0.4, 0.5) is 0 Å². The van der Waals surface area contributed by atoms with Crippen molar-refractivity contribution in [2.75, 3.05) is 7.11 Å². The second-order valence-corrected chi connectivity index (χ2v) is 6.27. The van der Waals surface area contributed by atoms with Crippen molar-refractivity contribution < 1.29 is 28.3 Å². The number of rotatable bonds is 7. The van der Waals surface area contributed by atoms with Crippen LogP contribution in [0, 0.1) is 0 Å². The minimum Gasteiger partial charge on any atom is -0.388 e. The standard InChI is InChI=1S/C11H17N2O8P/c1-3-9(21-22(17,18)19-2)20-11(6-7(11)14)13-5-4-8(15)12-10(13)16/h4-5,7,9,14H,3,6H2,1-2H3,(H,17,18)(H,12,15,16)/t7-,9-,11?/m0/s1. The third-order valence-corrected chi connectivity index (χ3v) is 4.19. The third kappa shape index (κ3) is 3.37. The van der Waals surface area contributed by atoms with E-state index < -0.39 is 37.2 Å². The number of H-pyrrole nitrogens is 1. The van der Waals surface area contributed by atoms with Gasteiger partial charge in [0.05, 0.1) is 0 Å². The summed E-state index contributed by atoms with van der Waals surface area (Å²) >= 11 is 0. The molecule has 11 heteroatoms. The average Bonchev–Trinajstić information content (AvgIpc) is 3.08. The van der Waals surface area contributed by atoms with Gasteiger partial charge in [-0.1, -0.05) is 6.92 Å². The van der Waals surface area contributed by atoms with Crippen molar-refractivity contribution in [3.05, 3.63) is 33.1 Å². The van der Waals surface area contributed by atoms with Crippen LogP contribution >= 0.6 is 7.82 Å². The molecule has 0 amide bonds. The van der Waals surface area contributed by atoms with E-state index in [0.717, 1.165) is 17.7 Å². The summed E-state index contributed by atoms with van der Waals surface area (Å²) in [6.45, 7) is 1.62. The molecule has 0 radical (unpaired) electrons. The number of aromatic amines is 1. The lowest BCUT2D eigenvalue weighted by Crippen LogP contribution is -2.41. The lowest BCUT2D eigenvalue weighted by Gasteiger charge is -2.26. The molecule has 1 aliphatic rings.